The van der Waals surface area contributed by atoms with Crippen LogP contribution in [0.4, 0.5) is 14.5 Å². The van der Waals surface area contributed by atoms with Gasteiger partial charge in [0.15, 0.2) is 5.82 Å². The van der Waals surface area contributed by atoms with Crippen LogP contribution in [0.2, 0.25) is 5.02 Å². The van der Waals surface area contributed by atoms with Gasteiger partial charge in [0.25, 0.3) is 5.91 Å². The number of amides is 1. The fraction of sp³-hybridized carbons (Fsp3) is 0. The maximum atomic E-state index is 13.4. The van der Waals surface area contributed by atoms with E-state index < -0.39 is 17.5 Å². The van der Waals surface area contributed by atoms with Crippen LogP contribution in [0.5, 0.6) is 0 Å². The molecule has 0 aliphatic heterocycles. The number of aromatic nitrogens is 1. The summed E-state index contributed by atoms with van der Waals surface area (Å²) in [6.45, 7) is 0. The van der Waals surface area contributed by atoms with Gasteiger partial charge in [-0.05, 0) is 18.2 Å². The predicted octanol–water partition coefficient (Wildman–Crippen LogP) is 3.27. The maximum absolute atomic E-state index is 13.4. The number of anilines is 1. The number of nitrogens with one attached hydrogen (secondary N) is 1. The molecule has 6 heteroatoms. The Morgan fingerprint density at radius 1 is 1.22 bits per heavy atom. The second kappa shape index (κ2) is 5.10. The zero-order valence-corrected chi connectivity index (χ0v) is 9.71. The lowest BCUT2D eigenvalue weighted by molar-refractivity contribution is 0.102. The summed E-state index contributed by atoms with van der Waals surface area (Å²) in [5, 5.41) is 2.26. The molecular formula is C12H7ClF2N2O. The molecule has 18 heavy (non-hydrogen) atoms. The average Bonchev–Trinajstić information content (AvgIpc) is 2.34. The van der Waals surface area contributed by atoms with Gasteiger partial charge in [-0.2, -0.15) is 0 Å². The fourth-order valence-electron chi connectivity index (χ4n) is 1.36. The highest BCUT2D eigenvalue weighted by molar-refractivity contribution is 6.33. The Morgan fingerprint density at radius 3 is 2.67 bits per heavy atom. The Labute approximate surface area is 106 Å². The summed E-state index contributed by atoms with van der Waals surface area (Å²) < 4.78 is 26.7. The molecule has 3 nitrogen and oxygen atoms in total. The molecule has 0 spiro atoms. The number of carbonyl (C=O) groups excluding carboxylic acids is 1. The van der Waals surface area contributed by atoms with Crippen LogP contribution in [-0.2, 0) is 0 Å². The number of benzene rings is 1. The van der Waals surface area contributed by atoms with Gasteiger partial charge in [0.1, 0.15) is 5.82 Å². The van der Waals surface area contributed by atoms with Crippen molar-refractivity contribution in [2.24, 2.45) is 0 Å². The second-order valence-corrected chi connectivity index (χ2v) is 3.81. The van der Waals surface area contributed by atoms with E-state index in [0.29, 0.717) is 0 Å². The van der Waals surface area contributed by atoms with Crippen LogP contribution >= 0.6 is 11.6 Å². The van der Waals surface area contributed by atoms with Crippen LogP contribution < -0.4 is 5.32 Å². The number of pyridine rings is 1. The molecule has 2 rings (SSSR count). The Kier molecular flexibility index (Phi) is 3.53. The van der Waals surface area contributed by atoms with Crippen molar-refractivity contribution in [2.75, 3.05) is 5.32 Å². The molecule has 0 aliphatic carbocycles. The standard InChI is InChI=1S/C12H7ClF2N2O/c13-8-2-1-3-9(14)11(8)17-12(18)7-4-5-16-6-10(7)15/h1-6H,(H,17,18). The van der Waals surface area contributed by atoms with Crippen LogP contribution in [0, 0.1) is 11.6 Å². The topological polar surface area (TPSA) is 42.0 Å². The second-order valence-electron chi connectivity index (χ2n) is 3.41. The minimum Gasteiger partial charge on any atom is -0.318 e. The minimum atomic E-state index is -0.790. The van der Waals surface area contributed by atoms with E-state index in [9.17, 15) is 13.6 Å². The van der Waals surface area contributed by atoms with Gasteiger partial charge in [0.2, 0.25) is 0 Å². The molecule has 1 amide bonds. The lowest BCUT2D eigenvalue weighted by Crippen LogP contribution is -2.15. The summed E-state index contributed by atoms with van der Waals surface area (Å²) in [5.74, 6) is -2.27. The van der Waals surface area contributed by atoms with Crippen molar-refractivity contribution in [3.8, 4) is 0 Å². The van der Waals surface area contributed by atoms with Gasteiger partial charge in [-0.3, -0.25) is 9.78 Å². The van der Waals surface area contributed by atoms with Crippen molar-refractivity contribution < 1.29 is 13.6 Å². The van der Waals surface area contributed by atoms with Gasteiger partial charge in [0, 0.05) is 6.20 Å². The predicted molar refractivity (Wildman–Crippen MR) is 63.6 cm³/mol. The molecule has 92 valence electrons. The first-order valence-corrected chi connectivity index (χ1v) is 5.32. The van der Waals surface area contributed by atoms with E-state index in [1.165, 1.54) is 24.4 Å². The number of carbonyl (C=O) groups is 1. The molecule has 1 aromatic carbocycles. The zero-order valence-electron chi connectivity index (χ0n) is 8.95. The van der Waals surface area contributed by atoms with Gasteiger partial charge >= 0.3 is 0 Å². The summed E-state index contributed by atoms with van der Waals surface area (Å²) in [6.07, 6.45) is 2.17. The highest BCUT2D eigenvalue weighted by Gasteiger charge is 2.15. The fourth-order valence-corrected chi connectivity index (χ4v) is 1.57. The van der Waals surface area contributed by atoms with Crippen molar-refractivity contribution in [3.63, 3.8) is 0 Å². The van der Waals surface area contributed by atoms with Crippen molar-refractivity contribution in [3.05, 3.63) is 58.9 Å². The lowest BCUT2D eigenvalue weighted by Gasteiger charge is -2.08. The number of nitrogens with zero attached hydrogens (tertiary/aromatic N) is 1. The van der Waals surface area contributed by atoms with Crippen LogP contribution in [0.15, 0.2) is 36.7 Å². The highest BCUT2D eigenvalue weighted by atomic mass is 35.5. The van der Waals surface area contributed by atoms with Gasteiger partial charge in [-0.1, -0.05) is 17.7 Å². The third-order valence-electron chi connectivity index (χ3n) is 2.22. The van der Waals surface area contributed by atoms with Crippen molar-refractivity contribution in [1.82, 2.24) is 4.98 Å². The normalized spacial score (nSPS) is 10.2. The van der Waals surface area contributed by atoms with E-state index in [4.69, 9.17) is 11.6 Å². The first-order chi connectivity index (χ1) is 8.59. The molecule has 0 atom stereocenters. The first-order valence-electron chi connectivity index (χ1n) is 4.94. The smallest absolute Gasteiger partial charge is 0.258 e. The molecule has 0 fully saturated rings. The van der Waals surface area contributed by atoms with E-state index in [2.05, 4.69) is 10.3 Å². The molecule has 0 saturated carbocycles. The number of hydrogen-bond acceptors (Lipinski definition) is 2. The van der Waals surface area contributed by atoms with Crippen molar-refractivity contribution in [1.29, 1.82) is 0 Å². The molecular weight excluding hydrogens is 262 g/mol. The number of hydrogen-bond donors (Lipinski definition) is 1. The van der Waals surface area contributed by atoms with Crippen LogP contribution in [0.1, 0.15) is 10.4 Å². The van der Waals surface area contributed by atoms with E-state index in [-0.39, 0.29) is 16.3 Å². The Morgan fingerprint density at radius 2 is 2.00 bits per heavy atom. The summed E-state index contributed by atoms with van der Waals surface area (Å²) in [5.41, 5.74) is -0.412. The van der Waals surface area contributed by atoms with Gasteiger partial charge in [-0.25, -0.2) is 8.78 Å². The Hall–Kier alpha value is -2.01. The highest BCUT2D eigenvalue weighted by Crippen LogP contribution is 2.25. The van der Waals surface area contributed by atoms with E-state index in [1.54, 1.807) is 0 Å². The van der Waals surface area contributed by atoms with Crippen LogP contribution in [-0.4, -0.2) is 10.9 Å². The Balaban J connectivity index is 2.30. The molecule has 0 aliphatic rings. The molecule has 1 aromatic heterocycles. The summed E-state index contributed by atoms with van der Waals surface area (Å²) >= 11 is 5.74. The third kappa shape index (κ3) is 2.46. The summed E-state index contributed by atoms with van der Waals surface area (Å²) in [4.78, 5) is 15.2. The minimum absolute atomic E-state index is 0.0396. The SMILES string of the molecule is O=C(Nc1c(F)cccc1Cl)c1ccncc1F. The van der Waals surface area contributed by atoms with E-state index in [1.807, 2.05) is 0 Å². The first kappa shape index (κ1) is 12.4. The summed E-state index contributed by atoms with van der Waals surface area (Å²) in [6, 6.07) is 5.16. The van der Waals surface area contributed by atoms with Gasteiger partial charge in [0.05, 0.1) is 22.5 Å². The molecule has 0 unspecified atom stereocenters. The quantitative estimate of drug-likeness (QED) is 0.908. The molecule has 0 radical (unpaired) electrons. The zero-order chi connectivity index (χ0) is 13.1. The van der Waals surface area contributed by atoms with E-state index >= 15 is 0 Å². The number of halogens is 3. The third-order valence-corrected chi connectivity index (χ3v) is 2.53. The summed E-state index contributed by atoms with van der Waals surface area (Å²) in [7, 11) is 0. The van der Waals surface area contributed by atoms with Crippen molar-refractivity contribution >= 4 is 23.2 Å². The van der Waals surface area contributed by atoms with Gasteiger partial charge < -0.3 is 5.32 Å². The van der Waals surface area contributed by atoms with Crippen molar-refractivity contribution in [2.45, 2.75) is 0 Å². The molecule has 0 saturated heterocycles. The number of para-hydroxylation sites is 1. The van der Waals surface area contributed by atoms with Crippen LogP contribution in [0.3, 0.4) is 0 Å². The maximum Gasteiger partial charge on any atom is 0.258 e. The largest absolute Gasteiger partial charge is 0.318 e. The number of rotatable bonds is 2. The molecule has 0 bridgehead atoms. The van der Waals surface area contributed by atoms with Gasteiger partial charge in [-0.15, -0.1) is 0 Å². The lowest BCUT2D eigenvalue weighted by atomic mass is 10.2. The molecule has 1 N–H and O–H groups in total. The van der Waals surface area contributed by atoms with Crippen LogP contribution in [0.25, 0.3) is 0 Å². The van der Waals surface area contributed by atoms with E-state index in [0.717, 1.165) is 12.3 Å². The Bertz CT molecular complexity index is 584. The monoisotopic (exact) mass is 268 g/mol. The molecule has 2 aromatic rings. The average molecular weight is 269 g/mol. The molecule has 1 heterocycles.